The summed E-state index contributed by atoms with van der Waals surface area (Å²) in [7, 11) is 1.76. The summed E-state index contributed by atoms with van der Waals surface area (Å²) in [5.41, 5.74) is 1.80. The number of fused-ring (bicyclic) bond motifs is 1. The summed E-state index contributed by atoms with van der Waals surface area (Å²) in [6.07, 6.45) is 2.59. The van der Waals surface area contributed by atoms with Gasteiger partial charge in [-0.3, -0.25) is 24.5 Å². The largest absolute Gasteiger partial charge is 0.328 e. The maximum Gasteiger partial charge on any atom is 0.328 e. The molecule has 0 bridgehead atoms. The molecule has 102 valence electrons. The minimum absolute atomic E-state index is 0.242. The smallest absolute Gasteiger partial charge is 0.298 e. The van der Waals surface area contributed by atoms with Crippen molar-refractivity contribution in [1.82, 2.24) is 15.1 Å². The quantitative estimate of drug-likeness (QED) is 0.821. The number of aldehydes is 1. The minimum Gasteiger partial charge on any atom is -0.298 e. The number of hydrogen-bond donors (Lipinski definition) is 1. The third-order valence-corrected chi connectivity index (χ3v) is 3.38. The van der Waals surface area contributed by atoms with Crippen LogP contribution in [0.25, 0.3) is 10.9 Å². The first-order chi connectivity index (χ1) is 9.60. The van der Waals surface area contributed by atoms with Crippen molar-refractivity contribution in [3.05, 3.63) is 23.9 Å². The van der Waals surface area contributed by atoms with E-state index in [9.17, 15) is 14.4 Å². The number of aromatic nitrogens is 2. The molecule has 0 spiro atoms. The zero-order chi connectivity index (χ0) is 14.3. The fourth-order valence-electron chi connectivity index (χ4n) is 2.32. The number of aryl methyl sites for hydroxylation is 1. The van der Waals surface area contributed by atoms with Crippen molar-refractivity contribution in [1.29, 1.82) is 0 Å². The van der Waals surface area contributed by atoms with E-state index in [4.69, 9.17) is 0 Å². The van der Waals surface area contributed by atoms with E-state index in [0.717, 1.165) is 17.2 Å². The number of hydrogen-bond acceptors (Lipinski definition) is 4. The van der Waals surface area contributed by atoms with Crippen molar-refractivity contribution < 1.29 is 14.4 Å². The van der Waals surface area contributed by atoms with E-state index in [1.54, 1.807) is 30.1 Å². The van der Waals surface area contributed by atoms with Gasteiger partial charge in [-0.2, -0.15) is 5.10 Å². The van der Waals surface area contributed by atoms with Crippen LogP contribution in [0.3, 0.4) is 0 Å². The number of carbonyl (C=O) groups is 3. The zero-order valence-electron chi connectivity index (χ0n) is 10.8. The van der Waals surface area contributed by atoms with Gasteiger partial charge in [0, 0.05) is 36.7 Å². The lowest BCUT2D eigenvalue weighted by Gasteiger charge is -2.26. The molecule has 7 nitrogen and oxygen atoms in total. The Morgan fingerprint density at radius 3 is 2.85 bits per heavy atom. The van der Waals surface area contributed by atoms with Crippen molar-refractivity contribution in [2.75, 3.05) is 11.4 Å². The van der Waals surface area contributed by atoms with Crippen LogP contribution in [0.1, 0.15) is 16.8 Å². The van der Waals surface area contributed by atoms with Crippen LogP contribution >= 0.6 is 0 Å². The van der Waals surface area contributed by atoms with Gasteiger partial charge in [-0.25, -0.2) is 4.79 Å². The predicted octanol–water partition coefficient (Wildman–Crippen LogP) is 0.832. The molecule has 2 heterocycles. The Morgan fingerprint density at radius 2 is 2.15 bits per heavy atom. The topological polar surface area (TPSA) is 84.3 Å². The molecule has 1 aromatic carbocycles. The number of anilines is 1. The molecule has 1 N–H and O–H groups in total. The first kappa shape index (κ1) is 12.3. The molecule has 0 saturated carbocycles. The second-order valence-corrected chi connectivity index (χ2v) is 4.61. The first-order valence-electron chi connectivity index (χ1n) is 6.12. The van der Waals surface area contributed by atoms with E-state index in [1.807, 2.05) is 0 Å². The molecule has 2 aromatic rings. The van der Waals surface area contributed by atoms with Gasteiger partial charge >= 0.3 is 6.03 Å². The molecule has 0 aliphatic carbocycles. The van der Waals surface area contributed by atoms with Gasteiger partial charge in [-0.15, -0.1) is 0 Å². The van der Waals surface area contributed by atoms with Crippen molar-refractivity contribution >= 4 is 34.8 Å². The van der Waals surface area contributed by atoms with Crippen LogP contribution in [0.2, 0.25) is 0 Å². The van der Waals surface area contributed by atoms with Gasteiger partial charge in [0.25, 0.3) is 0 Å². The van der Waals surface area contributed by atoms with Crippen LogP contribution in [0.5, 0.6) is 0 Å². The summed E-state index contributed by atoms with van der Waals surface area (Å²) in [4.78, 5) is 35.7. The summed E-state index contributed by atoms with van der Waals surface area (Å²) >= 11 is 0. The molecular weight excluding hydrogens is 260 g/mol. The summed E-state index contributed by atoms with van der Waals surface area (Å²) in [6.45, 7) is 0.298. The Labute approximate surface area is 114 Å². The molecular formula is C13H12N4O3. The van der Waals surface area contributed by atoms with Gasteiger partial charge in [0.05, 0.1) is 11.7 Å². The number of benzene rings is 1. The Bertz CT molecular complexity index is 735. The number of nitrogens with zero attached hydrogens (tertiary/aromatic N) is 3. The molecule has 1 saturated heterocycles. The van der Waals surface area contributed by atoms with E-state index in [1.165, 1.54) is 4.90 Å². The van der Waals surface area contributed by atoms with Crippen LogP contribution in [0.4, 0.5) is 10.5 Å². The highest BCUT2D eigenvalue weighted by Gasteiger charge is 2.25. The normalized spacial score (nSPS) is 15.6. The van der Waals surface area contributed by atoms with Crippen LogP contribution in [0, 0.1) is 0 Å². The maximum atomic E-state index is 11.8. The van der Waals surface area contributed by atoms with Crippen LogP contribution in [-0.2, 0) is 11.8 Å². The number of rotatable bonds is 2. The molecule has 0 radical (unpaired) electrons. The summed E-state index contributed by atoms with van der Waals surface area (Å²) in [5.74, 6) is -0.288. The molecule has 7 heteroatoms. The number of carbonyl (C=O) groups excluding carboxylic acids is 3. The van der Waals surface area contributed by atoms with Gasteiger partial charge < -0.3 is 0 Å². The highest BCUT2D eigenvalue weighted by atomic mass is 16.2. The third kappa shape index (κ3) is 1.83. The maximum absolute atomic E-state index is 11.8. The lowest BCUT2D eigenvalue weighted by molar-refractivity contribution is -0.120. The van der Waals surface area contributed by atoms with Gasteiger partial charge in [0.1, 0.15) is 0 Å². The van der Waals surface area contributed by atoms with Gasteiger partial charge in [-0.05, 0) is 12.1 Å². The molecule has 0 unspecified atom stereocenters. The van der Waals surface area contributed by atoms with Gasteiger partial charge in [0.2, 0.25) is 5.91 Å². The molecule has 1 aliphatic heterocycles. The van der Waals surface area contributed by atoms with E-state index in [0.29, 0.717) is 17.8 Å². The average molecular weight is 272 g/mol. The lowest BCUT2D eigenvalue weighted by Crippen LogP contribution is -2.49. The van der Waals surface area contributed by atoms with Crippen molar-refractivity contribution in [3.8, 4) is 0 Å². The van der Waals surface area contributed by atoms with E-state index in [2.05, 4.69) is 10.4 Å². The molecule has 20 heavy (non-hydrogen) atoms. The van der Waals surface area contributed by atoms with Crippen LogP contribution in [0.15, 0.2) is 18.3 Å². The SMILES string of the molecule is Cn1ncc2c(C=O)cc(N3CCC(=O)NC3=O)cc21. The Hall–Kier alpha value is -2.70. The average Bonchev–Trinajstić information content (AvgIpc) is 2.80. The number of amides is 3. The predicted molar refractivity (Wildman–Crippen MR) is 71.6 cm³/mol. The minimum atomic E-state index is -0.473. The lowest BCUT2D eigenvalue weighted by atomic mass is 10.1. The number of urea groups is 1. The van der Waals surface area contributed by atoms with Crippen molar-refractivity contribution in [2.24, 2.45) is 7.05 Å². The molecule has 1 aromatic heterocycles. The first-order valence-corrected chi connectivity index (χ1v) is 6.12. The van der Waals surface area contributed by atoms with E-state index < -0.39 is 6.03 Å². The second kappa shape index (κ2) is 4.44. The fraction of sp³-hybridized carbons (Fsp3) is 0.231. The summed E-state index contributed by atoms with van der Waals surface area (Å²) < 4.78 is 1.64. The number of nitrogens with one attached hydrogen (secondary N) is 1. The van der Waals surface area contributed by atoms with Crippen molar-refractivity contribution in [3.63, 3.8) is 0 Å². The standard InChI is InChI=1S/C13H12N4O3/c1-16-11-5-9(4-8(7-18)10(11)6-14-16)17-3-2-12(19)15-13(17)20/h4-7H,2-3H2,1H3,(H,15,19,20). The van der Waals surface area contributed by atoms with Gasteiger partial charge in [0.15, 0.2) is 6.29 Å². The van der Waals surface area contributed by atoms with Crippen LogP contribution < -0.4 is 10.2 Å². The fourth-order valence-corrected chi connectivity index (χ4v) is 2.32. The molecule has 3 rings (SSSR count). The zero-order valence-corrected chi connectivity index (χ0v) is 10.8. The monoisotopic (exact) mass is 272 g/mol. The number of imide groups is 1. The van der Waals surface area contributed by atoms with E-state index in [-0.39, 0.29) is 12.3 Å². The van der Waals surface area contributed by atoms with Gasteiger partial charge in [-0.1, -0.05) is 0 Å². The Morgan fingerprint density at radius 1 is 1.35 bits per heavy atom. The van der Waals surface area contributed by atoms with Crippen LogP contribution in [-0.4, -0.2) is 34.5 Å². The summed E-state index contributed by atoms with van der Waals surface area (Å²) in [5, 5.41) is 7.10. The Kier molecular flexibility index (Phi) is 2.74. The third-order valence-electron chi connectivity index (χ3n) is 3.38. The molecule has 1 fully saturated rings. The highest BCUT2D eigenvalue weighted by Crippen LogP contribution is 2.26. The van der Waals surface area contributed by atoms with E-state index >= 15 is 0 Å². The Balaban J connectivity index is 2.12. The molecule has 0 atom stereocenters. The second-order valence-electron chi connectivity index (χ2n) is 4.61. The molecule has 1 aliphatic rings. The van der Waals surface area contributed by atoms with Crippen molar-refractivity contribution in [2.45, 2.75) is 6.42 Å². The highest BCUT2D eigenvalue weighted by molar-refractivity contribution is 6.07. The summed E-state index contributed by atoms with van der Waals surface area (Å²) in [6, 6.07) is 2.94. The molecule has 3 amide bonds.